The lowest BCUT2D eigenvalue weighted by atomic mass is 10.2. The normalized spacial score (nSPS) is 12.3. The molecule has 2 heterocycles. The molecule has 1 aromatic heterocycles. The Labute approximate surface area is 176 Å². The number of benzene rings is 2. The fourth-order valence-electron chi connectivity index (χ4n) is 3.09. The minimum absolute atomic E-state index is 0.00945. The lowest BCUT2D eigenvalue weighted by Crippen LogP contribution is -2.22. The van der Waals surface area contributed by atoms with E-state index in [9.17, 15) is 14.9 Å². The summed E-state index contributed by atoms with van der Waals surface area (Å²) < 4.78 is 12.4. The second-order valence-corrected chi connectivity index (χ2v) is 7.43. The van der Waals surface area contributed by atoms with Gasteiger partial charge in [0.1, 0.15) is 5.82 Å². The van der Waals surface area contributed by atoms with Crippen molar-refractivity contribution in [1.29, 1.82) is 0 Å². The largest absolute Gasteiger partial charge is 0.493 e. The number of amides is 1. The summed E-state index contributed by atoms with van der Waals surface area (Å²) in [6.07, 6.45) is 0. The van der Waals surface area contributed by atoms with Crippen LogP contribution in [0.25, 0.3) is 5.69 Å². The fourth-order valence-corrected chi connectivity index (χ4v) is 4.13. The van der Waals surface area contributed by atoms with Crippen LogP contribution in [0, 0.1) is 10.1 Å². The van der Waals surface area contributed by atoms with E-state index in [0.717, 1.165) is 22.8 Å². The third-order valence-corrected chi connectivity index (χ3v) is 5.51. The van der Waals surface area contributed by atoms with Gasteiger partial charge in [-0.05, 0) is 24.3 Å². The Hall–Kier alpha value is -3.53. The molecule has 0 spiro atoms. The van der Waals surface area contributed by atoms with Crippen molar-refractivity contribution < 1.29 is 19.2 Å². The first-order valence-corrected chi connectivity index (χ1v) is 10.2. The van der Waals surface area contributed by atoms with Gasteiger partial charge >= 0.3 is 0 Å². The van der Waals surface area contributed by atoms with Crippen LogP contribution in [-0.2, 0) is 16.3 Å². The maximum atomic E-state index is 12.6. The number of fused-ring (bicyclic) bond motifs is 1. The van der Waals surface area contributed by atoms with Crippen molar-refractivity contribution in [2.24, 2.45) is 0 Å². The second kappa shape index (κ2) is 8.46. The summed E-state index contributed by atoms with van der Waals surface area (Å²) in [5.41, 5.74) is 2.45. The zero-order chi connectivity index (χ0) is 21.1. The molecular weight excluding hydrogens is 408 g/mol. The van der Waals surface area contributed by atoms with Crippen molar-refractivity contribution in [2.45, 2.75) is 11.5 Å². The summed E-state index contributed by atoms with van der Waals surface area (Å²) in [6.45, 7) is -0.201. The first-order chi connectivity index (χ1) is 14.6. The zero-order valence-corrected chi connectivity index (χ0v) is 16.8. The van der Waals surface area contributed by atoms with Gasteiger partial charge in [0.25, 0.3) is 11.6 Å². The molecule has 30 heavy (non-hydrogen) atoms. The molecule has 154 valence electrons. The number of rotatable bonds is 7. The zero-order valence-electron chi connectivity index (χ0n) is 16.0. The summed E-state index contributed by atoms with van der Waals surface area (Å²) in [5, 5.41) is 18.4. The molecule has 3 aromatic rings. The van der Waals surface area contributed by atoms with Crippen LogP contribution in [0.15, 0.2) is 48.5 Å². The van der Waals surface area contributed by atoms with Crippen LogP contribution >= 0.6 is 11.8 Å². The third-order valence-electron chi connectivity index (χ3n) is 4.54. The molecule has 0 bridgehead atoms. The summed E-state index contributed by atoms with van der Waals surface area (Å²) in [4.78, 5) is 23.0. The molecule has 0 unspecified atom stereocenters. The number of thioether (sulfide) groups is 1. The van der Waals surface area contributed by atoms with E-state index >= 15 is 0 Å². The van der Waals surface area contributed by atoms with Gasteiger partial charge in [-0.25, -0.2) is 4.68 Å². The molecule has 0 atom stereocenters. The number of carbonyl (C=O) groups excluding carboxylic acids is 1. The highest BCUT2D eigenvalue weighted by Crippen LogP contribution is 2.36. The highest BCUT2D eigenvalue weighted by atomic mass is 32.2. The van der Waals surface area contributed by atoms with Crippen molar-refractivity contribution in [3.8, 4) is 17.2 Å². The Balaban J connectivity index is 1.55. The van der Waals surface area contributed by atoms with E-state index in [1.54, 1.807) is 46.8 Å². The predicted octanol–water partition coefficient (Wildman–Crippen LogP) is 3.55. The molecular formula is C20H18N4O5S. The molecule has 1 N–H and O–H groups in total. The van der Waals surface area contributed by atoms with Crippen LogP contribution in [0.1, 0.15) is 11.3 Å². The molecule has 1 aliphatic heterocycles. The highest BCUT2D eigenvalue weighted by molar-refractivity contribution is 7.98. The van der Waals surface area contributed by atoms with Gasteiger partial charge in [-0.3, -0.25) is 14.9 Å². The Kier molecular flexibility index (Phi) is 5.57. The number of para-hydroxylation sites is 2. The number of nitro groups is 1. The van der Waals surface area contributed by atoms with Gasteiger partial charge < -0.3 is 14.8 Å². The Bertz CT molecular complexity index is 1100. The summed E-state index contributed by atoms with van der Waals surface area (Å²) in [7, 11) is 1.53. The average Bonchev–Trinajstić information content (AvgIpc) is 3.35. The van der Waals surface area contributed by atoms with E-state index in [-0.39, 0.29) is 18.2 Å². The maximum Gasteiger partial charge on any atom is 0.269 e. The monoisotopic (exact) mass is 426 g/mol. The van der Waals surface area contributed by atoms with Gasteiger partial charge in [-0.15, -0.1) is 0 Å². The van der Waals surface area contributed by atoms with Gasteiger partial charge in [-0.2, -0.15) is 16.9 Å². The number of nitrogens with zero attached hydrogens (tertiary/aromatic N) is 3. The molecule has 0 aliphatic carbocycles. The van der Waals surface area contributed by atoms with Crippen molar-refractivity contribution in [3.05, 3.63) is 69.9 Å². The molecule has 2 aromatic carbocycles. The van der Waals surface area contributed by atoms with Crippen LogP contribution in [-0.4, -0.2) is 34.3 Å². The van der Waals surface area contributed by atoms with Crippen LogP contribution in [0.3, 0.4) is 0 Å². The second-order valence-electron chi connectivity index (χ2n) is 6.44. The SMILES string of the molecule is COc1ccccc1OCC(=O)Nc1c2c(nn1-c1ccc([N+](=O)[O-])cc1)CSC2. The molecule has 0 saturated heterocycles. The van der Waals surface area contributed by atoms with Crippen molar-refractivity contribution in [1.82, 2.24) is 9.78 Å². The maximum absolute atomic E-state index is 12.6. The van der Waals surface area contributed by atoms with Gasteiger partial charge in [0.15, 0.2) is 18.1 Å². The van der Waals surface area contributed by atoms with Gasteiger partial charge in [0.05, 0.1) is 23.4 Å². The molecule has 0 radical (unpaired) electrons. The predicted molar refractivity (Wildman–Crippen MR) is 112 cm³/mol. The minimum Gasteiger partial charge on any atom is -0.493 e. The number of nitrogens with one attached hydrogen (secondary N) is 1. The van der Waals surface area contributed by atoms with E-state index in [1.807, 2.05) is 6.07 Å². The minimum atomic E-state index is -0.457. The number of anilines is 1. The molecule has 1 aliphatic rings. The Morgan fingerprint density at radius 2 is 1.93 bits per heavy atom. The summed E-state index contributed by atoms with van der Waals surface area (Å²) in [5.74, 6) is 2.70. The van der Waals surface area contributed by atoms with E-state index in [4.69, 9.17) is 9.47 Å². The highest BCUT2D eigenvalue weighted by Gasteiger charge is 2.25. The van der Waals surface area contributed by atoms with Gasteiger partial charge in [0, 0.05) is 29.2 Å². The number of ether oxygens (including phenoxy) is 2. The quantitative estimate of drug-likeness (QED) is 0.454. The standard InChI is InChI=1S/C20H18N4O5S/c1-28-17-4-2-3-5-18(17)29-10-19(25)21-20-15-11-30-12-16(15)22-23(20)13-6-8-14(9-7-13)24(26)27/h2-9H,10-12H2,1H3,(H,21,25). The molecule has 1 amide bonds. The first kappa shape index (κ1) is 19.8. The topological polar surface area (TPSA) is 109 Å². The number of carbonyl (C=O) groups is 1. The van der Waals surface area contributed by atoms with E-state index < -0.39 is 4.92 Å². The lowest BCUT2D eigenvalue weighted by Gasteiger charge is -2.13. The number of nitro benzene ring substituents is 1. The molecule has 0 saturated carbocycles. The number of hydrogen-bond acceptors (Lipinski definition) is 7. The smallest absolute Gasteiger partial charge is 0.269 e. The van der Waals surface area contributed by atoms with Crippen molar-refractivity contribution in [3.63, 3.8) is 0 Å². The summed E-state index contributed by atoms with van der Waals surface area (Å²) in [6, 6.07) is 13.1. The van der Waals surface area contributed by atoms with Gasteiger partial charge in [0.2, 0.25) is 0 Å². The lowest BCUT2D eigenvalue weighted by molar-refractivity contribution is -0.384. The molecule has 9 nitrogen and oxygen atoms in total. The van der Waals surface area contributed by atoms with E-state index in [2.05, 4.69) is 10.4 Å². The van der Waals surface area contributed by atoms with Crippen LogP contribution < -0.4 is 14.8 Å². The van der Waals surface area contributed by atoms with Crippen molar-refractivity contribution in [2.75, 3.05) is 19.0 Å². The average molecular weight is 426 g/mol. The first-order valence-electron chi connectivity index (χ1n) is 9.06. The summed E-state index contributed by atoms with van der Waals surface area (Å²) >= 11 is 1.71. The van der Waals surface area contributed by atoms with Crippen LogP contribution in [0.4, 0.5) is 11.5 Å². The number of methoxy groups -OCH3 is 1. The Morgan fingerprint density at radius 3 is 2.63 bits per heavy atom. The van der Waals surface area contributed by atoms with E-state index in [0.29, 0.717) is 23.0 Å². The van der Waals surface area contributed by atoms with Crippen LogP contribution in [0.2, 0.25) is 0 Å². The number of aromatic nitrogens is 2. The Morgan fingerprint density at radius 1 is 1.20 bits per heavy atom. The van der Waals surface area contributed by atoms with Crippen LogP contribution in [0.5, 0.6) is 11.5 Å². The molecule has 4 rings (SSSR count). The van der Waals surface area contributed by atoms with E-state index in [1.165, 1.54) is 19.2 Å². The molecule has 0 fully saturated rings. The number of non-ortho nitro benzene ring substituents is 1. The van der Waals surface area contributed by atoms with Crippen molar-refractivity contribution >= 4 is 29.2 Å². The number of hydrogen-bond donors (Lipinski definition) is 1. The van der Waals surface area contributed by atoms with Gasteiger partial charge in [-0.1, -0.05) is 12.1 Å². The molecule has 10 heteroatoms. The fraction of sp³-hybridized carbons (Fsp3) is 0.200. The third kappa shape index (κ3) is 3.94.